The van der Waals surface area contributed by atoms with Gasteiger partial charge in [0.15, 0.2) is 5.78 Å². The highest BCUT2D eigenvalue weighted by molar-refractivity contribution is 5.94. The van der Waals surface area contributed by atoms with Crippen molar-refractivity contribution in [2.45, 2.75) is 38.5 Å². The lowest BCUT2D eigenvalue weighted by Crippen LogP contribution is -2.35. The van der Waals surface area contributed by atoms with Gasteiger partial charge in [-0.05, 0) is 30.9 Å². The molecule has 1 aliphatic rings. The fraction of sp³-hybridized carbons (Fsp3) is 0.692. The molecule has 4 nitrogen and oxygen atoms in total. The third-order valence-electron chi connectivity index (χ3n) is 3.99. The van der Waals surface area contributed by atoms with Crippen molar-refractivity contribution in [2.24, 2.45) is 18.2 Å². The molecular formula is C13H21N3O. The highest BCUT2D eigenvalue weighted by Crippen LogP contribution is 2.39. The molecule has 94 valence electrons. The SMILES string of the molecule is Cn1nccc1C(=O)CC1(CN)CCCCC1. The highest BCUT2D eigenvalue weighted by atomic mass is 16.1. The van der Waals surface area contributed by atoms with E-state index in [0.29, 0.717) is 18.7 Å². The van der Waals surface area contributed by atoms with Gasteiger partial charge >= 0.3 is 0 Å². The second-order valence-corrected chi connectivity index (χ2v) is 5.20. The molecule has 0 aliphatic heterocycles. The summed E-state index contributed by atoms with van der Waals surface area (Å²) in [4.78, 5) is 12.2. The first-order valence-electron chi connectivity index (χ1n) is 6.38. The number of rotatable bonds is 4. The average molecular weight is 235 g/mol. The summed E-state index contributed by atoms with van der Waals surface area (Å²) < 4.78 is 1.65. The largest absolute Gasteiger partial charge is 0.330 e. The predicted molar refractivity (Wildman–Crippen MR) is 66.7 cm³/mol. The molecular weight excluding hydrogens is 214 g/mol. The van der Waals surface area contributed by atoms with Crippen molar-refractivity contribution in [1.82, 2.24) is 9.78 Å². The molecule has 0 unspecified atom stereocenters. The first-order valence-corrected chi connectivity index (χ1v) is 6.38. The molecule has 0 amide bonds. The molecule has 0 atom stereocenters. The van der Waals surface area contributed by atoms with E-state index in [1.54, 1.807) is 16.9 Å². The Labute approximate surface area is 102 Å². The van der Waals surface area contributed by atoms with Gasteiger partial charge in [-0.25, -0.2) is 0 Å². The zero-order valence-corrected chi connectivity index (χ0v) is 10.5. The number of aryl methyl sites for hydroxylation is 1. The van der Waals surface area contributed by atoms with E-state index in [2.05, 4.69) is 5.10 Å². The van der Waals surface area contributed by atoms with Gasteiger partial charge in [0.1, 0.15) is 5.69 Å². The lowest BCUT2D eigenvalue weighted by atomic mass is 9.71. The molecule has 1 fully saturated rings. The van der Waals surface area contributed by atoms with Crippen molar-refractivity contribution < 1.29 is 4.79 Å². The molecule has 4 heteroatoms. The fourth-order valence-electron chi connectivity index (χ4n) is 2.83. The zero-order valence-electron chi connectivity index (χ0n) is 10.5. The molecule has 1 aromatic rings. The Morgan fingerprint density at radius 2 is 2.18 bits per heavy atom. The van der Waals surface area contributed by atoms with E-state index >= 15 is 0 Å². The van der Waals surface area contributed by atoms with Crippen LogP contribution in [0.2, 0.25) is 0 Å². The molecule has 2 N–H and O–H groups in total. The Balaban J connectivity index is 2.08. The number of carbonyl (C=O) groups is 1. The van der Waals surface area contributed by atoms with E-state index in [1.807, 2.05) is 7.05 Å². The Morgan fingerprint density at radius 1 is 1.47 bits per heavy atom. The van der Waals surface area contributed by atoms with Crippen molar-refractivity contribution in [2.75, 3.05) is 6.54 Å². The van der Waals surface area contributed by atoms with Crippen LogP contribution in [0.1, 0.15) is 49.0 Å². The maximum Gasteiger partial charge on any atom is 0.181 e. The summed E-state index contributed by atoms with van der Waals surface area (Å²) in [6.07, 6.45) is 8.11. The van der Waals surface area contributed by atoms with Gasteiger partial charge in [-0.15, -0.1) is 0 Å². The van der Waals surface area contributed by atoms with Gasteiger partial charge in [-0.3, -0.25) is 9.48 Å². The number of hydrogen-bond donors (Lipinski definition) is 1. The molecule has 0 saturated heterocycles. The second kappa shape index (κ2) is 5.00. The van der Waals surface area contributed by atoms with E-state index in [9.17, 15) is 4.79 Å². The molecule has 0 bridgehead atoms. The van der Waals surface area contributed by atoms with Crippen LogP contribution in [0.15, 0.2) is 12.3 Å². The molecule has 1 saturated carbocycles. The van der Waals surface area contributed by atoms with Crippen LogP contribution in [-0.2, 0) is 7.05 Å². The summed E-state index contributed by atoms with van der Waals surface area (Å²) in [7, 11) is 1.81. The maximum atomic E-state index is 12.2. The minimum absolute atomic E-state index is 0.0413. The van der Waals surface area contributed by atoms with Crippen LogP contribution in [0, 0.1) is 5.41 Å². The lowest BCUT2D eigenvalue weighted by Gasteiger charge is -2.35. The Bertz CT molecular complexity index is 391. The summed E-state index contributed by atoms with van der Waals surface area (Å²) in [5, 5.41) is 4.04. The van der Waals surface area contributed by atoms with Crippen LogP contribution in [0.25, 0.3) is 0 Å². The number of carbonyl (C=O) groups excluding carboxylic acids is 1. The Hall–Kier alpha value is -1.16. The van der Waals surface area contributed by atoms with Crippen molar-refractivity contribution in [1.29, 1.82) is 0 Å². The molecule has 1 heterocycles. The summed E-state index contributed by atoms with van der Waals surface area (Å²) in [6, 6.07) is 1.79. The van der Waals surface area contributed by atoms with E-state index in [1.165, 1.54) is 19.3 Å². The number of hydrogen-bond acceptors (Lipinski definition) is 3. The molecule has 17 heavy (non-hydrogen) atoms. The van der Waals surface area contributed by atoms with Crippen LogP contribution in [-0.4, -0.2) is 22.1 Å². The maximum absolute atomic E-state index is 12.2. The quantitative estimate of drug-likeness (QED) is 0.811. The first kappa shape index (κ1) is 12.3. The summed E-state index contributed by atoms with van der Waals surface area (Å²) >= 11 is 0. The zero-order chi connectivity index (χ0) is 12.3. The van der Waals surface area contributed by atoms with Gasteiger partial charge in [-0.2, -0.15) is 5.10 Å². The van der Waals surface area contributed by atoms with Crippen molar-refractivity contribution in [3.63, 3.8) is 0 Å². The third kappa shape index (κ3) is 2.57. The van der Waals surface area contributed by atoms with E-state index in [-0.39, 0.29) is 11.2 Å². The smallest absolute Gasteiger partial charge is 0.181 e. The van der Waals surface area contributed by atoms with Crippen LogP contribution in [0.4, 0.5) is 0 Å². The van der Waals surface area contributed by atoms with Crippen molar-refractivity contribution in [3.05, 3.63) is 18.0 Å². The van der Waals surface area contributed by atoms with Crippen LogP contribution >= 0.6 is 0 Å². The van der Waals surface area contributed by atoms with Gasteiger partial charge in [0.05, 0.1) is 0 Å². The van der Waals surface area contributed by atoms with E-state index < -0.39 is 0 Å². The van der Waals surface area contributed by atoms with Crippen molar-refractivity contribution >= 4 is 5.78 Å². The van der Waals surface area contributed by atoms with E-state index in [0.717, 1.165) is 12.8 Å². The van der Waals surface area contributed by atoms with Gasteiger partial charge in [0.2, 0.25) is 0 Å². The van der Waals surface area contributed by atoms with Gasteiger partial charge in [-0.1, -0.05) is 19.3 Å². The number of nitrogens with two attached hydrogens (primary N) is 1. The van der Waals surface area contributed by atoms with Crippen LogP contribution in [0.5, 0.6) is 0 Å². The minimum Gasteiger partial charge on any atom is -0.330 e. The van der Waals surface area contributed by atoms with Gasteiger partial charge < -0.3 is 5.73 Å². The average Bonchev–Trinajstić information content (AvgIpc) is 2.77. The predicted octanol–water partition coefficient (Wildman–Crippen LogP) is 1.90. The molecule has 0 radical (unpaired) electrons. The highest BCUT2D eigenvalue weighted by Gasteiger charge is 2.33. The standard InChI is InChI=1S/C13H21N3O/c1-16-11(5-8-15-16)12(17)9-13(10-14)6-3-2-4-7-13/h5,8H,2-4,6-7,9-10,14H2,1H3. The monoisotopic (exact) mass is 235 g/mol. The second-order valence-electron chi connectivity index (χ2n) is 5.20. The molecule has 1 aliphatic carbocycles. The lowest BCUT2D eigenvalue weighted by molar-refractivity contribution is 0.0858. The molecule has 1 aromatic heterocycles. The normalized spacial score (nSPS) is 19.2. The summed E-state index contributed by atoms with van der Waals surface area (Å²) in [5.41, 5.74) is 6.64. The minimum atomic E-state index is 0.0413. The van der Waals surface area contributed by atoms with Crippen LogP contribution < -0.4 is 5.73 Å². The van der Waals surface area contributed by atoms with Crippen molar-refractivity contribution in [3.8, 4) is 0 Å². The number of aromatic nitrogens is 2. The van der Waals surface area contributed by atoms with Gasteiger partial charge in [0.25, 0.3) is 0 Å². The fourth-order valence-corrected chi connectivity index (χ4v) is 2.83. The van der Waals surface area contributed by atoms with E-state index in [4.69, 9.17) is 5.73 Å². The third-order valence-corrected chi connectivity index (χ3v) is 3.99. The molecule has 2 rings (SSSR count). The summed E-state index contributed by atoms with van der Waals surface area (Å²) in [6.45, 7) is 0.622. The topological polar surface area (TPSA) is 60.9 Å². The Morgan fingerprint density at radius 3 is 2.71 bits per heavy atom. The molecule has 0 spiro atoms. The Kier molecular flexibility index (Phi) is 3.62. The van der Waals surface area contributed by atoms with Gasteiger partial charge in [0, 0.05) is 19.7 Å². The number of ketones is 1. The number of nitrogens with zero attached hydrogens (tertiary/aromatic N) is 2. The van der Waals surface area contributed by atoms with Crippen LogP contribution in [0.3, 0.4) is 0 Å². The first-order chi connectivity index (χ1) is 8.17. The summed E-state index contributed by atoms with van der Waals surface area (Å²) in [5.74, 6) is 0.178. The number of Topliss-reactive ketones (excluding diaryl/α,β-unsaturated/α-hetero) is 1. The molecule has 0 aromatic carbocycles.